The molecule has 2 aliphatic heterocycles. The summed E-state index contributed by atoms with van der Waals surface area (Å²) in [4.78, 5) is 27.9. The molecule has 2 fully saturated rings. The van der Waals surface area contributed by atoms with Crippen LogP contribution in [0, 0.1) is 11.3 Å². The van der Waals surface area contributed by atoms with E-state index in [4.69, 9.17) is 0 Å². The lowest BCUT2D eigenvalue weighted by Crippen LogP contribution is -2.55. The molecule has 0 aromatic carbocycles. The van der Waals surface area contributed by atoms with Gasteiger partial charge in [0.2, 0.25) is 11.8 Å². The first-order chi connectivity index (χ1) is 9.43. The van der Waals surface area contributed by atoms with Crippen molar-refractivity contribution in [1.82, 2.24) is 15.1 Å². The third-order valence-corrected chi connectivity index (χ3v) is 4.88. The number of rotatable bonds is 2. The van der Waals surface area contributed by atoms with Crippen molar-refractivity contribution in [1.29, 1.82) is 0 Å². The molecule has 2 aliphatic rings. The van der Waals surface area contributed by atoms with Gasteiger partial charge in [-0.15, -0.1) is 0 Å². The maximum atomic E-state index is 12.8. The summed E-state index contributed by atoms with van der Waals surface area (Å²) >= 11 is 0. The molecule has 5 nitrogen and oxygen atoms in total. The Morgan fingerprint density at radius 3 is 2.20 bits per heavy atom. The van der Waals surface area contributed by atoms with E-state index in [1.165, 1.54) is 0 Å². The standard InChI is InChI=1S/C15H27N3O2/c1-12(19)17-7-9-18(10-8-17)14(20)15(2,3)13-5-4-6-16-11-13/h13,16H,4-11H2,1-3H3. The van der Waals surface area contributed by atoms with E-state index >= 15 is 0 Å². The summed E-state index contributed by atoms with van der Waals surface area (Å²) in [6, 6.07) is 0. The smallest absolute Gasteiger partial charge is 0.228 e. The summed E-state index contributed by atoms with van der Waals surface area (Å²) in [7, 11) is 0. The third-order valence-electron chi connectivity index (χ3n) is 4.88. The molecular weight excluding hydrogens is 254 g/mol. The Hall–Kier alpha value is -1.10. The van der Waals surface area contributed by atoms with Crippen molar-refractivity contribution >= 4 is 11.8 Å². The first-order valence-corrected chi connectivity index (χ1v) is 7.68. The van der Waals surface area contributed by atoms with Gasteiger partial charge in [0.05, 0.1) is 0 Å². The lowest BCUT2D eigenvalue weighted by atomic mass is 9.74. The van der Waals surface area contributed by atoms with Crippen LogP contribution in [0.3, 0.4) is 0 Å². The van der Waals surface area contributed by atoms with Gasteiger partial charge in [-0.1, -0.05) is 13.8 Å². The zero-order valence-electron chi connectivity index (χ0n) is 12.9. The molecule has 2 heterocycles. The second kappa shape index (κ2) is 6.12. The topological polar surface area (TPSA) is 52.7 Å². The molecule has 0 spiro atoms. The van der Waals surface area contributed by atoms with Crippen molar-refractivity contribution in [2.75, 3.05) is 39.3 Å². The third kappa shape index (κ3) is 3.14. The number of amides is 2. The Morgan fingerprint density at radius 2 is 1.70 bits per heavy atom. The summed E-state index contributed by atoms with van der Waals surface area (Å²) in [5, 5.41) is 3.40. The molecule has 0 saturated carbocycles. The molecule has 0 aliphatic carbocycles. The van der Waals surface area contributed by atoms with Crippen LogP contribution in [0.25, 0.3) is 0 Å². The molecule has 0 aromatic heterocycles. The van der Waals surface area contributed by atoms with E-state index in [0.29, 0.717) is 32.1 Å². The number of hydrogen-bond acceptors (Lipinski definition) is 3. The van der Waals surface area contributed by atoms with Crippen molar-refractivity contribution < 1.29 is 9.59 Å². The van der Waals surface area contributed by atoms with Crippen LogP contribution < -0.4 is 5.32 Å². The zero-order chi connectivity index (χ0) is 14.8. The molecule has 5 heteroatoms. The van der Waals surface area contributed by atoms with Gasteiger partial charge in [-0.3, -0.25) is 9.59 Å². The van der Waals surface area contributed by atoms with Gasteiger partial charge in [-0.2, -0.15) is 0 Å². The lowest BCUT2D eigenvalue weighted by molar-refractivity contribution is -0.148. The number of nitrogens with one attached hydrogen (secondary N) is 1. The van der Waals surface area contributed by atoms with E-state index in [9.17, 15) is 9.59 Å². The minimum absolute atomic E-state index is 0.104. The summed E-state index contributed by atoms with van der Waals surface area (Å²) < 4.78 is 0. The SMILES string of the molecule is CC(=O)N1CCN(C(=O)C(C)(C)C2CCCNC2)CC1. The van der Waals surface area contributed by atoms with Crippen LogP contribution in [-0.2, 0) is 9.59 Å². The van der Waals surface area contributed by atoms with Gasteiger partial charge < -0.3 is 15.1 Å². The van der Waals surface area contributed by atoms with Crippen LogP contribution in [0.4, 0.5) is 0 Å². The minimum Gasteiger partial charge on any atom is -0.339 e. The summed E-state index contributed by atoms with van der Waals surface area (Å²) in [6.45, 7) is 10.4. The highest BCUT2D eigenvalue weighted by molar-refractivity contribution is 5.83. The van der Waals surface area contributed by atoms with E-state index in [1.54, 1.807) is 6.92 Å². The van der Waals surface area contributed by atoms with Gasteiger partial charge in [-0.05, 0) is 31.8 Å². The molecule has 2 rings (SSSR count). The maximum Gasteiger partial charge on any atom is 0.228 e. The van der Waals surface area contributed by atoms with Crippen molar-refractivity contribution in [3.8, 4) is 0 Å². The molecule has 2 saturated heterocycles. The molecule has 1 unspecified atom stereocenters. The quantitative estimate of drug-likeness (QED) is 0.811. The van der Waals surface area contributed by atoms with E-state index in [1.807, 2.05) is 9.80 Å². The number of nitrogens with zero attached hydrogens (tertiary/aromatic N) is 2. The largest absolute Gasteiger partial charge is 0.339 e. The van der Waals surface area contributed by atoms with Crippen LogP contribution in [0.15, 0.2) is 0 Å². The van der Waals surface area contributed by atoms with Gasteiger partial charge in [0.25, 0.3) is 0 Å². The van der Waals surface area contributed by atoms with Crippen molar-refractivity contribution in [2.45, 2.75) is 33.6 Å². The highest BCUT2D eigenvalue weighted by atomic mass is 16.2. The molecule has 1 N–H and O–H groups in total. The van der Waals surface area contributed by atoms with Gasteiger partial charge >= 0.3 is 0 Å². The lowest BCUT2D eigenvalue weighted by Gasteiger charge is -2.42. The number of hydrogen-bond donors (Lipinski definition) is 1. The van der Waals surface area contributed by atoms with Gasteiger partial charge in [-0.25, -0.2) is 0 Å². The van der Waals surface area contributed by atoms with Crippen molar-refractivity contribution in [3.63, 3.8) is 0 Å². The fraction of sp³-hybridized carbons (Fsp3) is 0.867. The van der Waals surface area contributed by atoms with Gasteiger partial charge in [0.15, 0.2) is 0 Å². The van der Waals surface area contributed by atoms with Crippen LogP contribution in [-0.4, -0.2) is 60.9 Å². The number of piperazine rings is 1. The zero-order valence-corrected chi connectivity index (χ0v) is 12.9. The molecule has 1 atom stereocenters. The molecule has 0 bridgehead atoms. The molecular formula is C15H27N3O2. The van der Waals surface area contributed by atoms with Crippen LogP contribution >= 0.6 is 0 Å². The second-order valence-corrected chi connectivity index (χ2v) is 6.56. The Kier molecular flexibility index (Phi) is 4.68. The van der Waals surface area contributed by atoms with Crippen molar-refractivity contribution in [3.05, 3.63) is 0 Å². The second-order valence-electron chi connectivity index (χ2n) is 6.56. The Balaban J connectivity index is 1.95. The molecule has 2 amide bonds. The van der Waals surface area contributed by atoms with E-state index in [2.05, 4.69) is 19.2 Å². The summed E-state index contributed by atoms with van der Waals surface area (Å²) in [5.74, 6) is 0.761. The fourth-order valence-corrected chi connectivity index (χ4v) is 3.27. The van der Waals surface area contributed by atoms with Crippen molar-refractivity contribution in [2.24, 2.45) is 11.3 Å². The number of carbonyl (C=O) groups is 2. The van der Waals surface area contributed by atoms with Gasteiger partial charge in [0, 0.05) is 38.5 Å². The number of piperidine rings is 1. The molecule has 114 valence electrons. The molecule has 20 heavy (non-hydrogen) atoms. The van der Waals surface area contributed by atoms with Gasteiger partial charge in [0.1, 0.15) is 0 Å². The van der Waals surface area contributed by atoms with Crippen LogP contribution in [0.5, 0.6) is 0 Å². The first kappa shape index (κ1) is 15.3. The predicted octanol–water partition coefficient (Wildman–Crippen LogP) is 0.703. The Labute approximate surface area is 121 Å². The average molecular weight is 281 g/mol. The highest BCUT2D eigenvalue weighted by Gasteiger charge is 2.40. The molecule has 0 radical (unpaired) electrons. The fourth-order valence-electron chi connectivity index (χ4n) is 3.27. The van der Waals surface area contributed by atoms with E-state index in [0.717, 1.165) is 25.9 Å². The Morgan fingerprint density at radius 1 is 1.10 bits per heavy atom. The summed E-state index contributed by atoms with van der Waals surface area (Å²) in [6.07, 6.45) is 2.28. The average Bonchev–Trinajstić information content (AvgIpc) is 2.47. The monoisotopic (exact) mass is 281 g/mol. The minimum atomic E-state index is -0.314. The Bertz CT molecular complexity index is 367. The highest BCUT2D eigenvalue weighted by Crippen LogP contribution is 2.34. The van der Waals surface area contributed by atoms with E-state index < -0.39 is 0 Å². The summed E-state index contributed by atoms with van der Waals surface area (Å²) in [5.41, 5.74) is -0.314. The normalized spacial score (nSPS) is 24.6. The van der Waals surface area contributed by atoms with Crippen LogP contribution in [0.1, 0.15) is 33.6 Å². The molecule has 0 aromatic rings. The number of carbonyl (C=O) groups excluding carboxylic acids is 2. The van der Waals surface area contributed by atoms with E-state index in [-0.39, 0.29) is 17.2 Å². The first-order valence-electron chi connectivity index (χ1n) is 7.68. The maximum absolute atomic E-state index is 12.8. The van der Waals surface area contributed by atoms with Crippen LogP contribution in [0.2, 0.25) is 0 Å². The predicted molar refractivity (Wildman–Crippen MR) is 78.2 cm³/mol.